The number of carbonyl (C=O) groups is 1. The maximum absolute atomic E-state index is 10.8. The van der Waals surface area contributed by atoms with E-state index in [4.69, 9.17) is 4.74 Å². The van der Waals surface area contributed by atoms with Crippen LogP contribution in [0.25, 0.3) is 0 Å². The summed E-state index contributed by atoms with van der Waals surface area (Å²) >= 11 is 1.61. The third kappa shape index (κ3) is 2.92. The largest absolute Gasteiger partial charge is 0.450 e. The van der Waals surface area contributed by atoms with Crippen LogP contribution in [0, 0.1) is 0 Å². The van der Waals surface area contributed by atoms with Gasteiger partial charge in [-0.2, -0.15) is 11.3 Å². The van der Waals surface area contributed by atoms with Gasteiger partial charge in [-0.1, -0.05) is 0 Å². The molecule has 0 atom stereocenters. The summed E-state index contributed by atoms with van der Waals surface area (Å²) in [5, 5.41) is 6.60. The van der Waals surface area contributed by atoms with Gasteiger partial charge < -0.3 is 10.1 Å². The first-order chi connectivity index (χ1) is 5.83. The molecule has 1 aromatic rings. The molecule has 1 amide bonds. The van der Waals surface area contributed by atoms with Gasteiger partial charge in [-0.05, 0) is 29.3 Å². The lowest BCUT2D eigenvalue weighted by atomic mass is 10.3. The van der Waals surface area contributed by atoms with Crippen LogP contribution in [-0.4, -0.2) is 12.7 Å². The van der Waals surface area contributed by atoms with Crippen molar-refractivity contribution in [2.45, 2.75) is 13.5 Å². The van der Waals surface area contributed by atoms with Gasteiger partial charge >= 0.3 is 6.09 Å². The highest BCUT2D eigenvalue weighted by molar-refractivity contribution is 7.07. The molecule has 1 rings (SSSR count). The average molecular weight is 185 g/mol. The molecule has 0 saturated heterocycles. The van der Waals surface area contributed by atoms with Crippen LogP contribution in [0.15, 0.2) is 16.8 Å². The second-order valence-electron chi connectivity index (χ2n) is 2.21. The Balaban J connectivity index is 2.22. The standard InChI is InChI=1S/C8H11NO2S/c1-2-11-8(10)9-5-7-3-4-12-6-7/h3-4,6H,2,5H2,1H3,(H,9,10). The Hall–Kier alpha value is -1.03. The summed E-state index contributed by atoms with van der Waals surface area (Å²) in [5.41, 5.74) is 1.10. The van der Waals surface area contributed by atoms with E-state index in [9.17, 15) is 4.79 Å². The van der Waals surface area contributed by atoms with E-state index in [0.717, 1.165) is 5.56 Å². The van der Waals surface area contributed by atoms with Gasteiger partial charge in [0.15, 0.2) is 0 Å². The minimum atomic E-state index is -0.358. The van der Waals surface area contributed by atoms with Crippen molar-refractivity contribution in [3.05, 3.63) is 22.4 Å². The first kappa shape index (κ1) is 9.06. The predicted molar refractivity (Wildman–Crippen MR) is 48.2 cm³/mol. The molecule has 0 aliphatic heterocycles. The number of hydrogen-bond donors (Lipinski definition) is 1. The maximum Gasteiger partial charge on any atom is 0.407 e. The summed E-state index contributed by atoms with van der Waals surface area (Å²) in [6.45, 7) is 2.74. The van der Waals surface area contributed by atoms with Gasteiger partial charge in [-0.3, -0.25) is 0 Å². The molecular formula is C8H11NO2S. The van der Waals surface area contributed by atoms with Crippen LogP contribution in [-0.2, 0) is 11.3 Å². The number of carbonyl (C=O) groups excluding carboxylic acids is 1. The highest BCUT2D eigenvalue weighted by atomic mass is 32.1. The van der Waals surface area contributed by atoms with Crippen molar-refractivity contribution < 1.29 is 9.53 Å². The van der Waals surface area contributed by atoms with Crippen molar-refractivity contribution in [1.82, 2.24) is 5.32 Å². The normalized spacial score (nSPS) is 9.42. The first-order valence-corrected chi connectivity index (χ1v) is 4.69. The number of ether oxygens (including phenoxy) is 1. The third-order valence-corrected chi connectivity index (χ3v) is 2.02. The summed E-state index contributed by atoms with van der Waals surface area (Å²) in [6, 6.07) is 1.97. The minimum absolute atomic E-state index is 0.358. The minimum Gasteiger partial charge on any atom is -0.450 e. The molecule has 1 aromatic heterocycles. The Morgan fingerprint density at radius 1 is 1.75 bits per heavy atom. The van der Waals surface area contributed by atoms with Crippen LogP contribution >= 0.6 is 11.3 Å². The molecule has 4 heteroatoms. The first-order valence-electron chi connectivity index (χ1n) is 3.74. The number of nitrogens with one attached hydrogen (secondary N) is 1. The van der Waals surface area contributed by atoms with Crippen LogP contribution in [0.5, 0.6) is 0 Å². The van der Waals surface area contributed by atoms with Crippen LogP contribution in [0.4, 0.5) is 4.79 Å². The zero-order chi connectivity index (χ0) is 8.81. The smallest absolute Gasteiger partial charge is 0.407 e. The molecule has 1 heterocycles. The molecule has 0 aliphatic carbocycles. The molecule has 0 aromatic carbocycles. The Kier molecular flexibility index (Phi) is 3.60. The van der Waals surface area contributed by atoms with E-state index in [1.54, 1.807) is 18.3 Å². The summed E-state index contributed by atoms with van der Waals surface area (Å²) in [4.78, 5) is 10.8. The molecule has 0 spiro atoms. The fourth-order valence-corrected chi connectivity index (χ4v) is 1.42. The summed E-state index contributed by atoms with van der Waals surface area (Å²) in [5.74, 6) is 0. The van der Waals surface area contributed by atoms with E-state index in [-0.39, 0.29) is 6.09 Å². The van der Waals surface area contributed by atoms with E-state index in [1.165, 1.54) is 0 Å². The fraction of sp³-hybridized carbons (Fsp3) is 0.375. The fourth-order valence-electron chi connectivity index (χ4n) is 0.750. The monoisotopic (exact) mass is 185 g/mol. The molecule has 12 heavy (non-hydrogen) atoms. The van der Waals surface area contributed by atoms with Crippen molar-refractivity contribution in [3.63, 3.8) is 0 Å². The molecular weight excluding hydrogens is 174 g/mol. The topological polar surface area (TPSA) is 38.3 Å². The van der Waals surface area contributed by atoms with Gasteiger partial charge in [0.1, 0.15) is 0 Å². The number of rotatable bonds is 3. The Bertz CT molecular complexity index is 233. The molecule has 0 bridgehead atoms. The van der Waals surface area contributed by atoms with Crippen molar-refractivity contribution in [2.24, 2.45) is 0 Å². The van der Waals surface area contributed by atoms with Gasteiger partial charge in [-0.25, -0.2) is 4.79 Å². The van der Waals surface area contributed by atoms with E-state index in [2.05, 4.69) is 5.32 Å². The highest BCUT2D eigenvalue weighted by Crippen LogP contribution is 2.04. The molecule has 0 saturated carbocycles. The van der Waals surface area contributed by atoms with Crippen molar-refractivity contribution >= 4 is 17.4 Å². The number of thiophene rings is 1. The molecule has 66 valence electrons. The van der Waals surface area contributed by atoms with Crippen LogP contribution in [0.3, 0.4) is 0 Å². The third-order valence-electron chi connectivity index (χ3n) is 1.29. The second kappa shape index (κ2) is 4.77. The molecule has 0 aliphatic rings. The SMILES string of the molecule is CCOC(=O)NCc1ccsc1. The Morgan fingerprint density at radius 3 is 3.17 bits per heavy atom. The van der Waals surface area contributed by atoms with Gasteiger partial charge in [-0.15, -0.1) is 0 Å². The van der Waals surface area contributed by atoms with Crippen LogP contribution < -0.4 is 5.32 Å². The Labute approximate surface area is 75.4 Å². The lowest BCUT2D eigenvalue weighted by Crippen LogP contribution is -2.23. The zero-order valence-electron chi connectivity index (χ0n) is 6.87. The van der Waals surface area contributed by atoms with E-state index in [1.807, 2.05) is 16.8 Å². The lowest BCUT2D eigenvalue weighted by molar-refractivity contribution is 0.151. The van der Waals surface area contributed by atoms with Gasteiger partial charge in [0.05, 0.1) is 6.61 Å². The summed E-state index contributed by atoms with van der Waals surface area (Å²) < 4.78 is 4.69. The number of hydrogen-bond acceptors (Lipinski definition) is 3. The van der Waals surface area contributed by atoms with Crippen molar-refractivity contribution in [2.75, 3.05) is 6.61 Å². The number of amides is 1. The molecule has 0 unspecified atom stereocenters. The summed E-state index contributed by atoms with van der Waals surface area (Å²) in [7, 11) is 0. The highest BCUT2D eigenvalue weighted by Gasteiger charge is 1.99. The zero-order valence-corrected chi connectivity index (χ0v) is 7.69. The molecule has 1 N–H and O–H groups in total. The lowest BCUT2D eigenvalue weighted by Gasteiger charge is -2.02. The predicted octanol–water partition coefficient (Wildman–Crippen LogP) is 1.99. The van der Waals surface area contributed by atoms with Crippen molar-refractivity contribution in [3.8, 4) is 0 Å². The average Bonchev–Trinajstić information content (AvgIpc) is 2.53. The molecule has 3 nitrogen and oxygen atoms in total. The van der Waals surface area contributed by atoms with Crippen LogP contribution in [0.1, 0.15) is 12.5 Å². The second-order valence-corrected chi connectivity index (χ2v) is 2.99. The summed E-state index contributed by atoms with van der Waals surface area (Å²) in [6.07, 6.45) is -0.358. The number of alkyl carbamates (subject to hydrolysis) is 1. The maximum atomic E-state index is 10.8. The Morgan fingerprint density at radius 2 is 2.58 bits per heavy atom. The van der Waals surface area contributed by atoms with E-state index in [0.29, 0.717) is 13.2 Å². The molecule has 0 fully saturated rings. The van der Waals surface area contributed by atoms with Crippen molar-refractivity contribution in [1.29, 1.82) is 0 Å². The quantitative estimate of drug-likeness (QED) is 0.782. The van der Waals surface area contributed by atoms with Gasteiger partial charge in [0.25, 0.3) is 0 Å². The van der Waals surface area contributed by atoms with Gasteiger partial charge in [0, 0.05) is 6.54 Å². The molecule has 0 radical (unpaired) electrons. The van der Waals surface area contributed by atoms with Crippen LogP contribution in [0.2, 0.25) is 0 Å². The van der Waals surface area contributed by atoms with E-state index < -0.39 is 0 Å². The van der Waals surface area contributed by atoms with E-state index >= 15 is 0 Å². The van der Waals surface area contributed by atoms with Gasteiger partial charge in [0.2, 0.25) is 0 Å².